The number of rotatable bonds is 4. The van der Waals surface area contributed by atoms with Gasteiger partial charge in [-0.3, -0.25) is 10.1 Å². The van der Waals surface area contributed by atoms with Crippen molar-refractivity contribution < 1.29 is 18.1 Å². The van der Waals surface area contributed by atoms with Crippen LogP contribution in [-0.2, 0) is 14.8 Å². The molecule has 1 fully saturated rings. The SMILES string of the molecule is O=[N+]([O-])c1ccc2c(c1)C1C=CCC1C(c1ccc(S(=O)(=O)N3CCOCC3)cc1)N2. The molecule has 5 rings (SSSR count). The third-order valence-electron chi connectivity index (χ3n) is 6.40. The van der Waals surface area contributed by atoms with Crippen LogP contribution < -0.4 is 5.32 Å². The maximum atomic E-state index is 12.9. The summed E-state index contributed by atoms with van der Waals surface area (Å²) in [6.07, 6.45) is 5.10. The van der Waals surface area contributed by atoms with E-state index in [1.54, 1.807) is 24.3 Å². The molecule has 3 aliphatic rings. The van der Waals surface area contributed by atoms with Crippen LogP contribution >= 0.6 is 0 Å². The van der Waals surface area contributed by atoms with Gasteiger partial charge >= 0.3 is 0 Å². The van der Waals surface area contributed by atoms with Crippen molar-refractivity contribution in [3.8, 4) is 0 Å². The van der Waals surface area contributed by atoms with Crippen LogP contribution in [0.4, 0.5) is 11.4 Å². The van der Waals surface area contributed by atoms with Gasteiger partial charge in [-0.05, 0) is 41.7 Å². The zero-order valence-corrected chi connectivity index (χ0v) is 17.6. The van der Waals surface area contributed by atoms with E-state index in [0.717, 1.165) is 23.2 Å². The van der Waals surface area contributed by atoms with Crippen LogP contribution in [0.25, 0.3) is 0 Å². The van der Waals surface area contributed by atoms with E-state index in [2.05, 4.69) is 17.5 Å². The lowest BCUT2D eigenvalue weighted by molar-refractivity contribution is -0.384. The fourth-order valence-electron chi connectivity index (χ4n) is 4.81. The number of hydrogen-bond acceptors (Lipinski definition) is 6. The van der Waals surface area contributed by atoms with Crippen molar-refractivity contribution in [2.45, 2.75) is 23.3 Å². The van der Waals surface area contributed by atoms with Crippen molar-refractivity contribution in [2.75, 3.05) is 31.6 Å². The molecule has 1 N–H and O–H groups in total. The molecule has 0 amide bonds. The summed E-state index contributed by atoms with van der Waals surface area (Å²) >= 11 is 0. The Labute approximate surface area is 180 Å². The molecular weight excluding hydrogens is 418 g/mol. The van der Waals surface area contributed by atoms with E-state index in [0.29, 0.717) is 26.3 Å². The van der Waals surface area contributed by atoms with Gasteiger partial charge in [0, 0.05) is 36.8 Å². The Hall–Kier alpha value is -2.75. The van der Waals surface area contributed by atoms with Crippen molar-refractivity contribution in [2.24, 2.45) is 5.92 Å². The maximum Gasteiger partial charge on any atom is 0.269 e. The number of nitrogens with zero attached hydrogens (tertiary/aromatic N) is 2. The van der Waals surface area contributed by atoms with Gasteiger partial charge in [0.15, 0.2) is 0 Å². The number of nitrogens with one attached hydrogen (secondary N) is 1. The predicted octanol–water partition coefficient (Wildman–Crippen LogP) is 3.44. The minimum Gasteiger partial charge on any atom is -0.379 e. The lowest BCUT2D eigenvalue weighted by atomic mass is 9.77. The van der Waals surface area contributed by atoms with E-state index in [4.69, 9.17) is 4.74 Å². The topological polar surface area (TPSA) is 102 Å². The van der Waals surface area contributed by atoms with Gasteiger partial charge in [0.25, 0.3) is 5.69 Å². The van der Waals surface area contributed by atoms with Gasteiger partial charge in [-0.2, -0.15) is 4.31 Å². The molecule has 0 aromatic heterocycles. The fraction of sp³-hybridized carbons (Fsp3) is 0.364. The summed E-state index contributed by atoms with van der Waals surface area (Å²) in [7, 11) is -3.53. The van der Waals surface area contributed by atoms with Crippen molar-refractivity contribution in [3.63, 3.8) is 0 Å². The lowest BCUT2D eigenvalue weighted by Gasteiger charge is -2.37. The number of morpholine rings is 1. The van der Waals surface area contributed by atoms with Gasteiger partial charge < -0.3 is 10.1 Å². The molecule has 9 heteroatoms. The maximum absolute atomic E-state index is 12.9. The van der Waals surface area contributed by atoms with E-state index in [1.165, 1.54) is 10.4 Å². The smallest absolute Gasteiger partial charge is 0.269 e. The molecule has 31 heavy (non-hydrogen) atoms. The molecule has 3 atom stereocenters. The second kappa shape index (κ2) is 7.74. The molecular formula is C22H23N3O5S. The summed E-state index contributed by atoms with van der Waals surface area (Å²) in [5, 5.41) is 14.7. The molecule has 1 saturated heterocycles. The highest BCUT2D eigenvalue weighted by molar-refractivity contribution is 7.89. The molecule has 2 aromatic rings. The highest BCUT2D eigenvalue weighted by atomic mass is 32.2. The number of anilines is 1. The molecule has 0 radical (unpaired) electrons. The van der Waals surface area contributed by atoms with Crippen LogP contribution in [0, 0.1) is 16.0 Å². The third kappa shape index (κ3) is 3.52. The number of non-ortho nitro benzene ring substituents is 1. The van der Waals surface area contributed by atoms with E-state index in [9.17, 15) is 18.5 Å². The van der Waals surface area contributed by atoms with E-state index < -0.39 is 10.0 Å². The van der Waals surface area contributed by atoms with Crippen molar-refractivity contribution >= 4 is 21.4 Å². The van der Waals surface area contributed by atoms with Gasteiger partial charge in [-0.15, -0.1) is 0 Å². The molecule has 8 nitrogen and oxygen atoms in total. The molecule has 2 aliphatic heterocycles. The number of nitro groups is 1. The highest BCUT2D eigenvalue weighted by Crippen LogP contribution is 2.50. The summed E-state index contributed by atoms with van der Waals surface area (Å²) in [4.78, 5) is 11.1. The molecule has 1 aliphatic carbocycles. The van der Waals surface area contributed by atoms with Gasteiger partial charge in [-0.25, -0.2) is 8.42 Å². The number of ether oxygens (including phenoxy) is 1. The Morgan fingerprint density at radius 3 is 2.55 bits per heavy atom. The van der Waals surface area contributed by atoms with Gasteiger partial charge in [0.2, 0.25) is 10.0 Å². The Morgan fingerprint density at radius 2 is 1.84 bits per heavy atom. The Balaban J connectivity index is 1.44. The molecule has 0 bridgehead atoms. The summed E-state index contributed by atoms with van der Waals surface area (Å²) in [6.45, 7) is 1.56. The lowest BCUT2D eigenvalue weighted by Crippen LogP contribution is -2.40. The minimum atomic E-state index is -3.53. The first-order valence-corrected chi connectivity index (χ1v) is 11.8. The van der Waals surface area contributed by atoms with E-state index in [1.807, 2.05) is 12.1 Å². The largest absolute Gasteiger partial charge is 0.379 e. The molecule has 2 aromatic carbocycles. The number of allylic oxidation sites excluding steroid dienone is 2. The predicted molar refractivity (Wildman–Crippen MR) is 115 cm³/mol. The first kappa shape index (κ1) is 20.2. The first-order chi connectivity index (χ1) is 14.9. The molecule has 2 heterocycles. The summed E-state index contributed by atoms with van der Waals surface area (Å²) in [5.41, 5.74) is 2.92. The van der Waals surface area contributed by atoms with Crippen molar-refractivity contribution in [3.05, 3.63) is 75.9 Å². The molecule has 0 saturated carbocycles. The normalized spacial score (nSPS) is 25.5. The van der Waals surface area contributed by atoms with Gasteiger partial charge in [-0.1, -0.05) is 24.3 Å². The second-order valence-electron chi connectivity index (χ2n) is 8.09. The summed E-state index contributed by atoms with van der Waals surface area (Å²) in [6, 6.07) is 12.0. The number of sulfonamides is 1. The quantitative estimate of drug-likeness (QED) is 0.443. The average molecular weight is 442 g/mol. The number of nitro benzene ring substituents is 1. The van der Waals surface area contributed by atoms with Crippen molar-refractivity contribution in [1.82, 2.24) is 4.31 Å². The standard InChI is InChI=1S/C22H23N3O5S/c26-25(27)16-6-9-21-20(14-16)18-2-1-3-19(18)22(23-21)15-4-7-17(8-5-15)31(28,29)24-10-12-30-13-11-24/h1-2,4-9,14,18-19,22-23H,3,10-13H2. The van der Waals surface area contributed by atoms with E-state index >= 15 is 0 Å². The second-order valence-corrected chi connectivity index (χ2v) is 10.0. The van der Waals surface area contributed by atoms with Crippen LogP contribution in [0.3, 0.4) is 0 Å². The first-order valence-electron chi connectivity index (χ1n) is 10.3. The average Bonchev–Trinajstić information content (AvgIpc) is 3.29. The van der Waals surface area contributed by atoms with Crippen LogP contribution in [0.5, 0.6) is 0 Å². The summed E-state index contributed by atoms with van der Waals surface area (Å²) < 4.78 is 32.5. The zero-order chi connectivity index (χ0) is 21.6. The molecule has 3 unspecified atom stereocenters. The van der Waals surface area contributed by atoms with Crippen LogP contribution in [0.15, 0.2) is 59.5 Å². The Kier molecular flexibility index (Phi) is 5.04. The zero-order valence-electron chi connectivity index (χ0n) is 16.8. The van der Waals surface area contributed by atoms with Gasteiger partial charge in [0.1, 0.15) is 0 Å². The van der Waals surface area contributed by atoms with E-state index in [-0.39, 0.29) is 33.4 Å². The molecule has 0 spiro atoms. The number of fused-ring (bicyclic) bond motifs is 3. The molecule has 162 valence electrons. The summed E-state index contributed by atoms with van der Waals surface area (Å²) in [5.74, 6) is 0.314. The van der Waals surface area contributed by atoms with Crippen LogP contribution in [-0.4, -0.2) is 43.9 Å². The number of hydrogen-bond donors (Lipinski definition) is 1. The monoisotopic (exact) mass is 441 g/mol. The number of benzene rings is 2. The highest BCUT2D eigenvalue weighted by Gasteiger charge is 2.38. The fourth-order valence-corrected chi connectivity index (χ4v) is 6.22. The Morgan fingerprint density at radius 1 is 1.10 bits per heavy atom. The third-order valence-corrected chi connectivity index (χ3v) is 8.32. The van der Waals surface area contributed by atoms with Crippen molar-refractivity contribution in [1.29, 1.82) is 0 Å². The van der Waals surface area contributed by atoms with Crippen LogP contribution in [0.2, 0.25) is 0 Å². The Bertz CT molecular complexity index is 1140. The minimum absolute atomic E-state index is 0.00547. The van der Waals surface area contributed by atoms with Crippen LogP contribution in [0.1, 0.15) is 29.5 Å². The van der Waals surface area contributed by atoms with Gasteiger partial charge in [0.05, 0.1) is 29.1 Å².